The molecule has 25 heavy (non-hydrogen) atoms. The summed E-state index contributed by atoms with van der Waals surface area (Å²) in [7, 11) is 1.50. The molecule has 3 rings (SSSR count). The molecule has 3 aromatic rings. The van der Waals surface area contributed by atoms with E-state index in [1.165, 1.54) is 13.2 Å². The Bertz CT molecular complexity index is 920. The highest BCUT2D eigenvalue weighted by molar-refractivity contribution is 5.96. The molecule has 0 spiro atoms. The molecule has 6 nitrogen and oxygen atoms in total. The van der Waals surface area contributed by atoms with Crippen LogP contribution in [0.3, 0.4) is 0 Å². The van der Waals surface area contributed by atoms with Crippen molar-refractivity contribution in [2.75, 3.05) is 12.4 Å². The molecule has 8 heteroatoms. The largest absolute Gasteiger partial charge is 0.497 e. The van der Waals surface area contributed by atoms with Crippen molar-refractivity contribution >= 4 is 17.5 Å². The lowest BCUT2D eigenvalue weighted by Gasteiger charge is -2.06. The zero-order valence-electron chi connectivity index (χ0n) is 13.0. The summed E-state index contributed by atoms with van der Waals surface area (Å²) in [5, 5.41) is 2.80. The van der Waals surface area contributed by atoms with E-state index in [9.17, 15) is 13.6 Å². The van der Waals surface area contributed by atoms with Crippen LogP contribution < -0.4 is 15.8 Å². The highest BCUT2D eigenvalue weighted by atomic mass is 19.1. The van der Waals surface area contributed by atoms with Crippen LogP contribution in [0.1, 0.15) is 10.5 Å². The Morgan fingerprint density at radius 2 is 1.88 bits per heavy atom. The number of oxazole rings is 1. The Balaban J connectivity index is 2.05. The van der Waals surface area contributed by atoms with Gasteiger partial charge in [-0.15, -0.1) is 0 Å². The standard InChI is InChI=1S/C17H13F2N3O3/c1-24-10-5-2-4-9(8-10)21-17-14(15(20)23)22-16(25-17)13-11(18)6-3-7-12(13)19/h2-8,21H,1H3,(H2,20,23). The van der Waals surface area contributed by atoms with Gasteiger partial charge in [0.1, 0.15) is 22.9 Å². The monoisotopic (exact) mass is 345 g/mol. The molecule has 1 heterocycles. The Hall–Kier alpha value is -3.42. The first-order chi connectivity index (χ1) is 12.0. The maximum Gasteiger partial charge on any atom is 0.273 e. The molecule has 0 aliphatic carbocycles. The fraction of sp³-hybridized carbons (Fsp3) is 0.0588. The van der Waals surface area contributed by atoms with Crippen LogP contribution in [0, 0.1) is 11.6 Å². The quantitative estimate of drug-likeness (QED) is 0.739. The van der Waals surface area contributed by atoms with E-state index in [-0.39, 0.29) is 11.6 Å². The molecule has 1 aromatic heterocycles. The minimum atomic E-state index is -0.905. The summed E-state index contributed by atoms with van der Waals surface area (Å²) in [6.07, 6.45) is 0. The summed E-state index contributed by atoms with van der Waals surface area (Å²) in [6.45, 7) is 0. The number of carbonyl (C=O) groups is 1. The number of rotatable bonds is 5. The average Bonchev–Trinajstić information content (AvgIpc) is 2.98. The van der Waals surface area contributed by atoms with Crippen molar-refractivity contribution in [2.24, 2.45) is 5.73 Å². The smallest absolute Gasteiger partial charge is 0.273 e. The van der Waals surface area contributed by atoms with E-state index in [1.807, 2.05) is 0 Å². The second-order valence-electron chi connectivity index (χ2n) is 5.01. The summed E-state index contributed by atoms with van der Waals surface area (Å²) < 4.78 is 38.3. The van der Waals surface area contributed by atoms with Gasteiger partial charge in [-0.05, 0) is 24.3 Å². The predicted octanol–water partition coefficient (Wildman–Crippen LogP) is 3.47. The van der Waals surface area contributed by atoms with Crippen LogP contribution in [0.4, 0.5) is 20.4 Å². The third kappa shape index (κ3) is 3.27. The van der Waals surface area contributed by atoms with Crippen LogP contribution >= 0.6 is 0 Å². The van der Waals surface area contributed by atoms with Gasteiger partial charge < -0.3 is 20.2 Å². The van der Waals surface area contributed by atoms with Gasteiger partial charge in [-0.3, -0.25) is 4.79 Å². The molecule has 0 bridgehead atoms. The van der Waals surface area contributed by atoms with Crippen LogP contribution in [-0.2, 0) is 0 Å². The number of anilines is 2. The molecular weight excluding hydrogens is 332 g/mol. The summed E-state index contributed by atoms with van der Waals surface area (Å²) in [5.41, 5.74) is 5.03. The third-order valence-electron chi connectivity index (χ3n) is 3.36. The van der Waals surface area contributed by atoms with Crippen molar-refractivity contribution in [3.05, 3.63) is 59.8 Å². The van der Waals surface area contributed by atoms with E-state index in [0.29, 0.717) is 11.4 Å². The van der Waals surface area contributed by atoms with Crippen molar-refractivity contribution in [1.29, 1.82) is 0 Å². The van der Waals surface area contributed by atoms with Gasteiger partial charge in [0, 0.05) is 11.8 Å². The van der Waals surface area contributed by atoms with Crippen molar-refractivity contribution < 1.29 is 22.7 Å². The maximum atomic E-state index is 13.9. The third-order valence-corrected chi connectivity index (χ3v) is 3.36. The van der Waals surface area contributed by atoms with Crippen LogP contribution in [-0.4, -0.2) is 18.0 Å². The van der Waals surface area contributed by atoms with Crippen molar-refractivity contribution in [1.82, 2.24) is 4.98 Å². The average molecular weight is 345 g/mol. The van der Waals surface area contributed by atoms with Crippen LogP contribution in [0.2, 0.25) is 0 Å². The highest BCUT2D eigenvalue weighted by Crippen LogP contribution is 2.31. The molecule has 0 aliphatic heterocycles. The number of halogens is 2. The lowest BCUT2D eigenvalue weighted by atomic mass is 10.2. The van der Waals surface area contributed by atoms with Gasteiger partial charge >= 0.3 is 0 Å². The molecule has 0 radical (unpaired) electrons. The van der Waals surface area contributed by atoms with E-state index < -0.39 is 29.0 Å². The topological polar surface area (TPSA) is 90.4 Å². The van der Waals surface area contributed by atoms with Crippen LogP contribution in [0.15, 0.2) is 46.9 Å². The molecule has 0 fully saturated rings. The molecular formula is C17H13F2N3O3. The molecule has 3 N–H and O–H groups in total. The van der Waals surface area contributed by atoms with E-state index in [0.717, 1.165) is 12.1 Å². The number of ether oxygens (including phenoxy) is 1. The Morgan fingerprint density at radius 3 is 2.52 bits per heavy atom. The lowest BCUT2D eigenvalue weighted by Crippen LogP contribution is -2.13. The number of carbonyl (C=O) groups excluding carboxylic acids is 1. The van der Waals surface area contributed by atoms with E-state index in [1.54, 1.807) is 24.3 Å². The fourth-order valence-electron chi connectivity index (χ4n) is 2.21. The molecule has 1 amide bonds. The lowest BCUT2D eigenvalue weighted by molar-refractivity contribution is 0.0996. The molecule has 0 saturated heterocycles. The molecule has 128 valence electrons. The first-order valence-corrected chi connectivity index (χ1v) is 7.15. The minimum absolute atomic E-state index is 0.126. The Kier molecular flexibility index (Phi) is 4.34. The van der Waals surface area contributed by atoms with Gasteiger partial charge in [-0.25, -0.2) is 13.8 Å². The molecule has 2 aromatic carbocycles. The predicted molar refractivity (Wildman–Crippen MR) is 86.6 cm³/mol. The molecule has 0 unspecified atom stereocenters. The van der Waals surface area contributed by atoms with Gasteiger partial charge in [0.25, 0.3) is 5.91 Å². The van der Waals surface area contributed by atoms with E-state index in [2.05, 4.69) is 10.3 Å². The van der Waals surface area contributed by atoms with Crippen molar-refractivity contribution in [2.45, 2.75) is 0 Å². The minimum Gasteiger partial charge on any atom is -0.497 e. The van der Waals surface area contributed by atoms with Gasteiger partial charge in [-0.2, -0.15) is 0 Å². The number of amides is 1. The van der Waals surface area contributed by atoms with Gasteiger partial charge in [0.05, 0.1) is 7.11 Å². The first-order valence-electron chi connectivity index (χ1n) is 7.15. The number of hydrogen-bond donors (Lipinski definition) is 2. The van der Waals surface area contributed by atoms with Crippen molar-refractivity contribution in [3.63, 3.8) is 0 Å². The molecule has 0 aliphatic rings. The Morgan fingerprint density at radius 1 is 1.20 bits per heavy atom. The zero-order chi connectivity index (χ0) is 18.0. The second-order valence-corrected chi connectivity index (χ2v) is 5.01. The fourth-order valence-corrected chi connectivity index (χ4v) is 2.21. The first kappa shape index (κ1) is 16.4. The molecule has 0 atom stereocenters. The number of nitrogens with zero attached hydrogens (tertiary/aromatic N) is 1. The molecule has 0 saturated carbocycles. The number of nitrogens with one attached hydrogen (secondary N) is 1. The second kappa shape index (κ2) is 6.60. The number of benzene rings is 2. The van der Waals surface area contributed by atoms with Crippen LogP contribution in [0.5, 0.6) is 5.75 Å². The normalized spacial score (nSPS) is 10.5. The Labute approximate surface area is 141 Å². The van der Waals surface area contributed by atoms with Crippen LogP contribution in [0.25, 0.3) is 11.5 Å². The highest BCUT2D eigenvalue weighted by Gasteiger charge is 2.23. The summed E-state index contributed by atoms with van der Waals surface area (Å²) in [6, 6.07) is 10.1. The van der Waals surface area contributed by atoms with Gasteiger partial charge in [-0.1, -0.05) is 12.1 Å². The summed E-state index contributed by atoms with van der Waals surface area (Å²) >= 11 is 0. The van der Waals surface area contributed by atoms with Gasteiger partial charge in [0.2, 0.25) is 11.8 Å². The number of hydrogen-bond acceptors (Lipinski definition) is 5. The number of nitrogens with two attached hydrogens (primary N) is 1. The van der Waals surface area contributed by atoms with E-state index >= 15 is 0 Å². The summed E-state index contributed by atoms with van der Waals surface area (Å²) in [5.74, 6) is -2.61. The number of methoxy groups -OCH3 is 1. The van der Waals surface area contributed by atoms with Crippen molar-refractivity contribution in [3.8, 4) is 17.2 Å². The summed E-state index contributed by atoms with van der Waals surface area (Å²) in [4.78, 5) is 15.4. The number of primary amides is 1. The maximum absolute atomic E-state index is 13.9. The number of aromatic nitrogens is 1. The SMILES string of the molecule is COc1cccc(Nc2oc(-c3c(F)cccc3F)nc2C(N)=O)c1. The van der Waals surface area contributed by atoms with E-state index in [4.69, 9.17) is 14.9 Å². The van der Waals surface area contributed by atoms with Gasteiger partial charge in [0.15, 0.2) is 5.69 Å². The zero-order valence-corrected chi connectivity index (χ0v) is 13.0.